The number of guanidine groups is 1. The number of carbonyl (C=O) groups is 1. The molecule has 6 heteroatoms. The molecule has 0 radical (unpaired) electrons. The lowest BCUT2D eigenvalue weighted by molar-refractivity contribution is -0.00832. The van der Waals surface area contributed by atoms with E-state index >= 15 is 0 Å². The summed E-state index contributed by atoms with van der Waals surface area (Å²) >= 11 is 0. The van der Waals surface area contributed by atoms with Crippen LogP contribution in [0.2, 0.25) is 0 Å². The van der Waals surface area contributed by atoms with E-state index in [1.165, 1.54) is 11.1 Å². The van der Waals surface area contributed by atoms with Crippen molar-refractivity contribution in [2.75, 3.05) is 39.8 Å². The average molecular weight is 409 g/mol. The lowest BCUT2D eigenvalue weighted by atomic mass is 10.0. The van der Waals surface area contributed by atoms with Gasteiger partial charge in [0.15, 0.2) is 5.96 Å². The molecule has 1 atom stereocenters. The van der Waals surface area contributed by atoms with E-state index in [0.717, 1.165) is 37.6 Å². The Morgan fingerprint density at radius 1 is 1.23 bits per heavy atom. The normalized spacial score (nSPS) is 17.0. The highest BCUT2D eigenvalue weighted by molar-refractivity contribution is 5.94. The number of hydrogen-bond acceptors (Lipinski definition) is 3. The van der Waals surface area contributed by atoms with Gasteiger partial charge < -0.3 is 20.3 Å². The molecule has 30 heavy (non-hydrogen) atoms. The molecule has 3 rings (SSSR count). The molecule has 2 aromatic rings. The quantitative estimate of drug-likeness (QED) is 0.570. The maximum absolute atomic E-state index is 11.8. The third-order valence-corrected chi connectivity index (χ3v) is 5.31. The monoisotopic (exact) mass is 408 g/mol. The zero-order chi connectivity index (χ0) is 21.3. The van der Waals surface area contributed by atoms with E-state index in [0.29, 0.717) is 18.7 Å². The summed E-state index contributed by atoms with van der Waals surface area (Å²) < 4.78 is 6.06. The van der Waals surface area contributed by atoms with Gasteiger partial charge in [0.05, 0.1) is 13.2 Å². The Hall–Kier alpha value is -2.86. The molecule has 0 spiro atoms. The fourth-order valence-electron chi connectivity index (χ4n) is 3.71. The lowest BCUT2D eigenvalue weighted by Crippen LogP contribution is -2.48. The van der Waals surface area contributed by atoms with E-state index < -0.39 is 0 Å². The van der Waals surface area contributed by atoms with Crippen molar-refractivity contribution in [3.63, 3.8) is 0 Å². The molecule has 0 bridgehead atoms. The van der Waals surface area contributed by atoms with Gasteiger partial charge in [0.1, 0.15) is 6.10 Å². The van der Waals surface area contributed by atoms with Gasteiger partial charge >= 0.3 is 0 Å². The van der Waals surface area contributed by atoms with Gasteiger partial charge in [-0.3, -0.25) is 9.79 Å². The molecule has 1 amide bonds. The molecule has 1 fully saturated rings. The number of aliphatic imine (C=N–C) groups is 1. The van der Waals surface area contributed by atoms with Crippen LogP contribution in [-0.2, 0) is 11.2 Å². The zero-order valence-corrected chi connectivity index (χ0v) is 18.1. The highest BCUT2D eigenvalue weighted by atomic mass is 16.5. The van der Waals surface area contributed by atoms with Gasteiger partial charge in [-0.05, 0) is 49.1 Å². The molecular weight excluding hydrogens is 376 g/mol. The molecule has 0 aliphatic carbocycles. The Balaban J connectivity index is 1.67. The smallest absolute Gasteiger partial charge is 0.251 e. The van der Waals surface area contributed by atoms with Gasteiger partial charge in [-0.25, -0.2) is 0 Å². The SMILES string of the molecule is CCNC(=NCCc1cccc(C(=O)NC)c1)N1CCOC(c2ccccc2C)C1. The maximum atomic E-state index is 11.8. The number of rotatable bonds is 6. The molecule has 2 N–H and O–H groups in total. The van der Waals surface area contributed by atoms with Crippen molar-refractivity contribution in [1.82, 2.24) is 15.5 Å². The van der Waals surface area contributed by atoms with E-state index in [9.17, 15) is 4.79 Å². The molecule has 1 heterocycles. The van der Waals surface area contributed by atoms with Crippen LogP contribution in [0.15, 0.2) is 53.5 Å². The second-order valence-corrected chi connectivity index (χ2v) is 7.43. The molecule has 1 unspecified atom stereocenters. The first-order valence-electron chi connectivity index (χ1n) is 10.6. The minimum Gasteiger partial charge on any atom is -0.370 e. The fourth-order valence-corrected chi connectivity index (χ4v) is 3.71. The van der Waals surface area contributed by atoms with Crippen LogP contribution in [0.3, 0.4) is 0 Å². The molecular formula is C24H32N4O2. The van der Waals surface area contributed by atoms with Crippen molar-refractivity contribution >= 4 is 11.9 Å². The first kappa shape index (κ1) is 21.8. The molecule has 0 saturated carbocycles. The second kappa shape index (κ2) is 10.8. The van der Waals surface area contributed by atoms with E-state index in [2.05, 4.69) is 53.6 Å². The van der Waals surface area contributed by atoms with Crippen molar-refractivity contribution < 1.29 is 9.53 Å². The van der Waals surface area contributed by atoms with E-state index in [4.69, 9.17) is 9.73 Å². The van der Waals surface area contributed by atoms with Crippen LogP contribution >= 0.6 is 0 Å². The van der Waals surface area contributed by atoms with Crippen molar-refractivity contribution in [2.24, 2.45) is 4.99 Å². The third-order valence-electron chi connectivity index (χ3n) is 5.31. The first-order chi connectivity index (χ1) is 14.6. The largest absolute Gasteiger partial charge is 0.370 e. The van der Waals surface area contributed by atoms with Crippen LogP contribution in [0.4, 0.5) is 0 Å². The van der Waals surface area contributed by atoms with E-state index in [1.54, 1.807) is 7.05 Å². The number of morpholine rings is 1. The van der Waals surface area contributed by atoms with Gasteiger partial charge in [0.25, 0.3) is 5.91 Å². The maximum Gasteiger partial charge on any atom is 0.251 e. The van der Waals surface area contributed by atoms with Crippen LogP contribution in [0, 0.1) is 6.92 Å². The van der Waals surface area contributed by atoms with Crippen LogP contribution in [0.1, 0.15) is 40.1 Å². The fraction of sp³-hybridized carbons (Fsp3) is 0.417. The van der Waals surface area contributed by atoms with Gasteiger partial charge in [-0.2, -0.15) is 0 Å². The summed E-state index contributed by atoms with van der Waals surface area (Å²) in [5, 5.41) is 6.09. The number of nitrogens with zero attached hydrogens (tertiary/aromatic N) is 2. The van der Waals surface area contributed by atoms with Gasteiger partial charge in [-0.15, -0.1) is 0 Å². The predicted molar refractivity (Wildman–Crippen MR) is 121 cm³/mol. The standard InChI is InChI=1S/C24H32N4O2/c1-4-26-24(27-13-12-19-9-7-10-20(16-19)23(29)25-3)28-14-15-30-22(17-28)21-11-6-5-8-18(21)2/h5-11,16,22H,4,12-15,17H2,1-3H3,(H,25,29)(H,26,27). The van der Waals surface area contributed by atoms with Crippen LogP contribution in [-0.4, -0.2) is 56.6 Å². The minimum absolute atomic E-state index is 0.0491. The van der Waals surface area contributed by atoms with Crippen LogP contribution in [0.25, 0.3) is 0 Å². The summed E-state index contributed by atoms with van der Waals surface area (Å²) in [4.78, 5) is 19.0. The molecule has 0 aromatic heterocycles. The number of nitrogens with one attached hydrogen (secondary N) is 2. The van der Waals surface area contributed by atoms with Crippen molar-refractivity contribution in [3.05, 3.63) is 70.8 Å². The first-order valence-corrected chi connectivity index (χ1v) is 10.6. The summed E-state index contributed by atoms with van der Waals surface area (Å²) in [6.45, 7) is 7.97. The average Bonchev–Trinajstić information content (AvgIpc) is 2.78. The Morgan fingerprint density at radius 2 is 2.07 bits per heavy atom. The number of aryl methyl sites for hydroxylation is 1. The van der Waals surface area contributed by atoms with Crippen LogP contribution in [0.5, 0.6) is 0 Å². The third kappa shape index (κ3) is 5.60. The number of ether oxygens (including phenoxy) is 1. The molecule has 1 aliphatic heterocycles. The predicted octanol–water partition coefficient (Wildman–Crippen LogP) is 2.94. The summed E-state index contributed by atoms with van der Waals surface area (Å²) in [5.74, 6) is 0.853. The molecule has 6 nitrogen and oxygen atoms in total. The molecule has 160 valence electrons. The number of amides is 1. The summed E-state index contributed by atoms with van der Waals surface area (Å²) in [5.41, 5.74) is 4.28. The topological polar surface area (TPSA) is 66.0 Å². The van der Waals surface area contributed by atoms with Gasteiger partial charge in [0, 0.05) is 32.2 Å². The van der Waals surface area contributed by atoms with Crippen LogP contribution < -0.4 is 10.6 Å². The van der Waals surface area contributed by atoms with Crippen molar-refractivity contribution in [3.8, 4) is 0 Å². The summed E-state index contributed by atoms with van der Waals surface area (Å²) in [6, 6.07) is 16.1. The lowest BCUT2D eigenvalue weighted by Gasteiger charge is -2.35. The number of hydrogen-bond donors (Lipinski definition) is 2. The number of carbonyl (C=O) groups excluding carboxylic acids is 1. The van der Waals surface area contributed by atoms with E-state index in [1.807, 2.05) is 24.3 Å². The van der Waals surface area contributed by atoms with Crippen molar-refractivity contribution in [2.45, 2.75) is 26.4 Å². The highest BCUT2D eigenvalue weighted by Crippen LogP contribution is 2.25. The molecule has 1 saturated heterocycles. The number of benzene rings is 2. The summed E-state index contributed by atoms with van der Waals surface area (Å²) in [7, 11) is 1.65. The van der Waals surface area contributed by atoms with Gasteiger partial charge in [-0.1, -0.05) is 36.4 Å². The minimum atomic E-state index is -0.0655. The van der Waals surface area contributed by atoms with Gasteiger partial charge in [0.2, 0.25) is 0 Å². The Bertz CT molecular complexity index is 881. The Kier molecular flexibility index (Phi) is 7.85. The Morgan fingerprint density at radius 3 is 2.83 bits per heavy atom. The van der Waals surface area contributed by atoms with Crippen molar-refractivity contribution in [1.29, 1.82) is 0 Å². The van der Waals surface area contributed by atoms with E-state index in [-0.39, 0.29) is 12.0 Å². The molecule has 1 aliphatic rings. The second-order valence-electron chi connectivity index (χ2n) is 7.43. The summed E-state index contributed by atoms with van der Waals surface area (Å²) in [6.07, 6.45) is 0.832. The zero-order valence-electron chi connectivity index (χ0n) is 18.1. The highest BCUT2D eigenvalue weighted by Gasteiger charge is 2.25. The Labute approximate surface area is 179 Å². The molecule has 2 aromatic carbocycles.